The molecule has 0 aromatic heterocycles. The lowest BCUT2D eigenvalue weighted by Gasteiger charge is -2.21. The minimum atomic E-state index is -0.338. The SMILES string of the molecule is Cc1c(CN(CCC#N)C2CC2)cccc1[N+](=O)[O-]. The standard InChI is InChI=1S/C14H17N3O2/c1-11-12(4-2-5-14(11)17(18)19)10-16(9-3-8-15)13-6-7-13/h2,4-5,13H,3,6-7,9-10H2,1H3. The molecule has 19 heavy (non-hydrogen) atoms. The van der Waals surface area contributed by atoms with E-state index in [1.807, 2.05) is 6.07 Å². The summed E-state index contributed by atoms with van der Waals surface area (Å²) in [5.41, 5.74) is 1.89. The molecule has 1 fully saturated rings. The third-order valence-electron chi connectivity index (χ3n) is 3.56. The normalized spacial score (nSPS) is 14.4. The molecule has 1 aliphatic carbocycles. The Kier molecular flexibility index (Phi) is 4.13. The van der Waals surface area contributed by atoms with Crippen molar-refractivity contribution in [1.82, 2.24) is 4.90 Å². The van der Waals surface area contributed by atoms with Crippen molar-refractivity contribution in [2.24, 2.45) is 0 Å². The molecule has 5 heteroatoms. The fourth-order valence-electron chi connectivity index (χ4n) is 2.28. The van der Waals surface area contributed by atoms with Crippen LogP contribution in [0.5, 0.6) is 0 Å². The van der Waals surface area contributed by atoms with Gasteiger partial charge in [0.15, 0.2) is 0 Å². The molecular weight excluding hydrogens is 242 g/mol. The van der Waals surface area contributed by atoms with E-state index in [-0.39, 0.29) is 10.6 Å². The van der Waals surface area contributed by atoms with Gasteiger partial charge in [-0.3, -0.25) is 15.0 Å². The molecule has 0 amide bonds. The minimum absolute atomic E-state index is 0.175. The molecule has 1 aliphatic rings. The number of nitriles is 1. The van der Waals surface area contributed by atoms with Crippen molar-refractivity contribution in [3.63, 3.8) is 0 Å². The number of hydrogen-bond donors (Lipinski definition) is 0. The van der Waals surface area contributed by atoms with Crippen LogP contribution in [0.1, 0.15) is 30.4 Å². The zero-order valence-electron chi connectivity index (χ0n) is 11.0. The molecule has 0 unspecified atom stereocenters. The highest BCUT2D eigenvalue weighted by molar-refractivity contribution is 5.44. The predicted octanol–water partition coefficient (Wildman–Crippen LogP) is 2.78. The quantitative estimate of drug-likeness (QED) is 0.581. The van der Waals surface area contributed by atoms with E-state index in [4.69, 9.17) is 5.26 Å². The Labute approximate surface area is 112 Å². The van der Waals surface area contributed by atoms with E-state index in [1.165, 1.54) is 18.9 Å². The van der Waals surface area contributed by atoms with Crippen LogP contribution in [-0.2, 0) is 6.54 Å². The van der Waals surface area contributed by atoms with Crippen LogP contribution >= 0.6 is 0 Å². The van der Waals surface area contributed by atoms with Gasteiger partial charge in [-0.15, -0.1) is 0 Å². The van der Waals surface area contributed by atoms with E-state index in [2.05, 4.69) is 11.0 Å². The largest absolute Gasteiger partial charge is 0.295 e. The summed E-state index contributed by atoms with van der Waals surface area (Å²) in [7, 11) is 0. The van der Waals surface area contributed by atoms with Gasteiger partial charge in [-0.2, -0.15) is 5.26 Å². The third-order valence-corrected chi connectivity index (χ3v) is 3.56. The Bertz CT molecular complexity index is 518. The van der Waals surface area contributed by atoms with Crippen molar-refractivity contribution < 1.29 is 4.92 Å². The number of nitrogens with zero attached hydrogens (tertiary/aromatic N) is 3. The zero-order valence-corrected chi connectivity index (χ0v) is 11.0. The van der Waals surface area contributed by atoms with Crippen LogP contribution in [0, 0.1) is 28.4 Å². The summed E-state index contributed by atoms with van der Waals surface area (Å²) in [5, 5.41) is 19.6. The maximum absolute atomic E-state index is 10.9. The third kappa shape index (κ3) is 3.30. The average molecular weight is 259 g/mol. The highest BCUT2D eigenvalue weighted by atomic mass is 16.6. The van der Waals surface area contributed by atoms with Crippen LogP contribution in [0.4, 0.5) is 5.69 Å². The van der Waals surface area contributed by atoms with Gasteiger partial charge in [-0.05, 0) is 25.3 Å². The Morgan fingerprint density at radius 1 is 1.53 bits per heavy atom. The summed E-state index contributed by atoms with van der Waals surface area (Å²) < 4.78 is 0. The number of nitro groups is 1. The van der Waals surface area contributed by atoms with Gasteiger partial charge in [-0.25, -0.2) is 0 Å². The highest BCUT2D eigenvalue weighted by Crippen LogP contribution is 2.30. The van der Waals surface area contributed by atoms with E-state index in [1.54, 1.807) is 13.0 Å². The molecule has 0 spiro atoms. The molecule has 0 heterocycles. The molecule has 1 aromatic carbocycles. The Morgan fingerprint density at radius 2 is 2.26 bits per heavy atom. The topological polar surface area (TPSA) is 70.2 Å². The van der Waals surface area contributed by atoms with Crippen LogP contribution < -0.4 is 0 Å². The molecule has 0 aliphatic heterocycles. The lowest BCUT2D eigenvalue weighted by atomic mass is 10.1. The Balaban J connectivity index is 2.15. The first-order valence-electron chi connectivity index (χ1n) is 6.47. The summed E-state index contributed by atoms with van der Waals surface area (Å²) in [4.78, 5) is 12.8. The van der Waals surface area contributed by atoms with Crippen LogP contribution in [0.25, 0.3) is 0 Å². The monoisotopic (exact) mass is 259 g/mol. The molecule has 0 bridgehead atoms. The van der Waals surface area contributed by atoms with Gasteiger partial charge in [0.05, 0.1) is 11.0 Å². The summed E-state index contributed by atoms with van der Waals surface area (Å²) in [5.74, 6) is 0. The van der Waals surface area contributed by atoms with E-state index in [0.717, 1.165) is 17.7 Å². The van der Waals surface area contributed by atoms with Crippen molar-refractivity contribution in [1.29, 1.82) is 5.26 Å². The van der Waals surface area contributed by atoms with Crippen LogP contribution in [0.3, 0.4) is 0 Å². The van der Waals surface area contributed by atoms with Gasteiger partial charge in [0.25, 0.3) is 5.69 Å². The van der Waals surface area contributed by atoms with E-state index < -0.39 is 0 Å². The van der Waals surface area contributed by atoms with E-state index in [0.29, 0.717) is 19.0 Å². The molecule has 0 N–H and O–H groups in total. The van der Waals surface area contributed by atoms with Crippen LogP contribution in [-0.4, -0.2) is 22.4 Å². The number of hydrogen-bond acceptors (Lipinski definition) is 4. The van der Waals surface area contributed by atoms with Crippen molar-refractivity contribution in [3.05, 3.63) is 39.4 Å². The lowest BCUT2D eigenvalue weighted by molar-refractivity contribution is -0.385. The maximum atomic E-state index is 10.9. The molecular formula is C14H17N3O2. The second-order valence-electron chi connectivity index (χ2n) is 4.93. The lowest BCUT2D eigenvalue weighted by Crippen LogP contribution is -2.27. The van der Waals surface area contributed by atoms with Gasteiger partial charge in [0.1, 0.15) is 0 Å². The summed E-state index contributed by atoms with van der Waals surface area (Å²) in [6.07, 6.45) is 2.84. The first-order chi connectivity index (χ1) is 9.13. The van der Waals surface area contributed by atoms with E-state index >= 15 is 0 Å². The second kappa shape index (κ2) is 5.81. The number of rotatable bonds is 6. The summed E-state index contributed by atoms with van der Waals surface area (Å²) in [6, 6.07) is 7.91. The van der Waals surface area contributed by atoms with Crippen molar-refractivity contribution in [3.8, 4) is 6.07 Å². The molecule has 5 nitrogen and oxygen atoms in total. The van der Waals surface area contributed by atoms with Crippen molar-refractivity contribution in [2.75, 3.05) is 6.54 Å². The first-order valence-corrected chi connectivity index (χ1v) is 6.47. The smallest absolute Gasteiger partial charge is 0.272 e. The fraction of sp³-hybridized carbons (Fsp3) is 0.500. The van der Waals surface area contributed by atoms with Crippen molar-refractivity contribution >= 4 is 5.69 Å². The minimum Gasteiger partial charge on any atom is -0.295 e. The molecule has 0 atom stereocenters. The molecule has 0 radical (unpaired) electrons. The Hall–Kier alpha value is -1.93. The average Bonchev–Trinajstić information content (AvgIpc) is 3.20. The summed E-state index contributed by atoms with van der Waals surface area (Å²) >= 11 is 0. The fourth-order valence-corrected chi connectivity index (χ4v) is 2.28. The second-order valence-corrected chi connectivity index (χ2v) is 4.93. The number of nitro benzene ring substituents is 1. The predicted molar refractivity (Wildman–Crippen MR) is 71.5 cm³/mol. The zero-order chi connectivity index (χ0) is 13.8. The first kappa shape index (κ1) is 13.5. The Morgan fingerprint density at radius 3 is 2.84 bits per heavy atom. The highest BCUT2D eigenvalue weighted by Gasteiger charge is 2.29. The van der Waals surface area contributed by atoms with Gasteiger partial charge in [0.2, 0.25) is 0 Å². The number of benzene rings is 1. The van der Waals surface area contributed by atoms with Gasteiger partial charge in [-0.1, -0.05) is 12.1 Å². The van der Waals surface area contributed by atoms with E-state index in [9.17, 15) is 10.1 Å². The molecule has 2 rings (SSSR count). The van der Waals surface area contributed by atoms with Crippen LogP contribution in [0.2, 0.25) is 0 Å². The summed E-state index contributed by atoms with van der Waals surface area (Å²) in [6.45, 7) is 3.23. The van der Waals surface area contributed by atoms with Crippen LogP contribution in [0.15, 0.2) is 18.2 Å². The molecule has 1 saturated carbocycles. The van der Waals surface area contributed by atoms with Gasteiger partial charge >= 0.3 is 0 Å². The molecule has 0 saturated heterocycles. The molecule has 100 valence electrons. The molecule has 1 aromatic rings. The van der Waals surface area contributed by atoms with Crippen molar-refractivity contribution in [2.45, 2.75) is 38.8 Å². The van der Waals surface area contributed by atoms with Gasteiger partial charge in [0, 0.05) is 37.2 Å². The maximum Gasteiger partial charge on any atom is 0.272 e. The van der Waals surface area contributed by atoms with Gasteiger partial charge < -0.3 is 0 Å².